The number of hydrogen-bond acceptors (Lipinski definition) is 4. The summed E-state index contributed by atoms with van der Waals surface area (Å²) in [6.07, 6.45) is 3.61. The predicted molar refractivity (Wildman–Crippen MR) is 97.4 cm³/mol. The number of amides is 1. The van der Waals surface area contributed by atoms with Gasteiger partial charge in [0.2, 0.25) is 0 Å². The summed E-state index contributed by atoms with van der Waals surface area (Å²) in [4.78, 5) is 24.5. The van der Waals surface area contributed by atoms with Crippen LogP contribution in [0.2, 0.25) is 0 Å². The number of piperazine rings is 1. The SMILES string of the molecule is CCOC(=O)N1CCN(C(=NC)NCc2nccn2CC(C)C)CC1. The van der Waals surface area contributed by atoms with E-state index in [1.807, 2.05) is 19.3 Å². The number of nitrogens with zero attached hydrogens (tertiary/aromatic N) is 5. The summed E-state index contributed by atoms with van der Waals surface area (Å²) >= 11 is 0. The number of ether oxygens (including phenoxy) is 1. The third kappa shape index (κ3) is 5.37. The molecular weight excluding hydrogens is 320 g/mol. The lowest BCUT2D eigenvalue weighted by atomic mass is 10.2. The number of carbonyl (C=O) groups excluding carboxylic acids is 1. The summed E-state index contributed by atoms with van der Waals surface area (Å²) in [5.41, 5.74) is 0. The van der Waals surface area contributed by atoms with Crippen LogP contribution in [-0.4, -0.2) is 71.2 Å². The Bertz CT molecular complexity index is 575. The highest BCUT2D eigenvalue weighted by Gasteiger charge is 2.23. The average Bonchev–Trinajstić information content (AvgIpc) is 3.02. The van der Waals surface area contributed by atoms with Gasteiger partial charge in [0.1, 0.15) is 5.82 Å². The van der Waals surface area contributed by atoms with E-state index in [1.165, 1.54) is 0 Å². The van der Waals surface area contributed by atoms with Crippen LogP contribution < -0.4 is 5.32 Å². The molecule has 1 aliphatic rings. The van der Waals surface area contributed by atoms with Crippen LogP contribution in [0.3, 0.4) is 0 Å². The van der Waals surface area contributed by atoms with Crippen LogP contribution in [0, 0.1) is 5.92 Å². The van der Waals surface area contributed by atoms with Gasteiger partial charge in [-0.15, -0.1) is 0 Å². The topological polar surface area (TPSA) is 75.0 Å². The van der Waals surface area contributed by atoms with E-state index in [4.69, 9.17) is 4.74 Å². The van der Waals surface area contributed by atoms with Gasteiger partial charge in [-0.2, -0.15) is 0 Å². The molecule has 0 atom stereocenters. The van der Waals surface area contributed by atoms with Gasteiger partial charge in [-0.1, -0.05) is 13.8 Å². The lowest BCUT2D eigenvalue weighted by Crippen LogP contribution is -2.53. The van der Waals surface area contributed by atoms with Crippen LogP contribution in [0.5, 0.6) is 0 Å². The van der Waals surface area contributed by atoms with Crippen molar-refractivity contribution < 1.29 is 9.53 Å². The van der Waals surface area contributed by atoms with Gasteiger partial charge in [-0.05, 0) is 12.8 Å². The van der Waals surface area contributed by atoms with Gasteiger partial charge < -0.3 is 24.4 Å². The van der Waals surface area contributed by atoms with Gasteiger partial charge in [0.15, 0.2) is 5.96 Å². The maximum Gasteiger partial charge on any atom is 0.409 e. The van der Waals surface area contributed by atoms with Crippen molar-refractivity contribution in [3.63, 3.8) is 0 Å². The fourth-order valence-corrected chi connectivity index (χ4v) is 2.87. The van der Waals surface area contributed by atoms with E-state index in [9.17, 15) is 4.79 Å². The molecule has 0 aromatic carbocycles. The van der Waals surface area contributed by atoms with E-state index in [0.29, 0.717) is 32.2 Å². The van der Waals surface area contributed by atoms with E-state index >= 15 is 0 Å². The fourth-order valence-electron chi connectivity index (χ4n) is 2.87. The molecule has 1 N–H and O–H groups in total. The number of rotatable bonds is 5. The van der Waals surface area contributed by atoms with Crippen molar-refractivity contribution in [1.29, 1.82) is 0 Å². The molecule has 1 aliphatic heterocycles. The molecule has 0 aliphatic carbocycles. The second-order valence-corrected chi connectivity index (χ2v) is 6.46. The van der Waals surface area contributed by atoms with E-state index < -0.39 is 0 Å². The molecule has 8 nitrogen and oxygen atoms in total. The number of guanidine groups is 1. The van der Waals surface area contributed by atoms with Crippen LogP contribution in [0.25, 0.3) is 0 Å². The molecule has 0 saturated carbocycles. The van der Waals surface area contributed by atoms with Crippen molar-refractivity contribution >= 4 is 12.1 Å². The van der Waals surface area contributed by atoms with Crippen LogP contribution in [0.15, 0.2) is 17.4 Å². The molecule has 1 fully saturated rings. The number of aliphatic imine (C=N–C) groups is 1. The number of carbonyl (C=O) groups is 1. The van der Waals surface area contributed by atoms with Crippen molar-refractivity contribution in [2.45, 2.75) is 33.9 Å². The van der Waals surface area contributed by atoms with Crippen LogP contribution >= 0.6 is 0 Å². The number of aromatic nitrogens is 2. The van der Waals surface area contributed by atoms with E-state index in [1.54, 1.807) is 11.9 Å². The summed E-state index contributed by atoms with van der Waals surface area (Å²) in [5.74, 6) is 2.41. The average molecular weight is 350 g/mol. The summed E-state index contributed by atoms with van der Waals surface area (Å²) < 4.78 is 7.23. The second-order valence-electron chi connectivity index (χ2n) is 6.46. The summed E-state index contributed by atoms with van der Waals surface area (Å²) in [7, 11) is 1.78. The largest absolute Gasteiger partial charge is 0.450 e. The first-order chi connectivity index (χ1) is 12.0. The minimum Gasteiger partial charge on any atom is -0.450 e. The van der Waals surface area contributed by atoms with Gasteiger partial charge in [-0.3, -0.25) is 4.99 Å². The molecule has 1 saturated heterocycles. The van der Waals surface area contributed by atoms with E-state index in [0.717, 1.165) is 31.4 Å². The molecule has 2 rings (SSSR count). The Hall–Kier alpha value is -2.25. The Labute approximate surface area is 149 Å². The summed E-state index contributed by atoms with van der Waals surface area (Å²) in [5, 5.41) is 3.38. The zero-order chi connectivity index (χ0) is 18.2. The molecule has 1 aromatic heterocycles. The predicted octanol–water partition coefficient (Wildman–Crippen LogP) is 1.39. The minimum atomic E-state index is -0.235. The smallest absolute Gasteiger partial charge is 0.409 e. The fraction of sp³-hybridized carbons (Fsp3) is 0.706. The lowest BCUT2D eigenvalue weighted by molar-refractivity contribution is 0.0914. The molecule has 1 aromatic rings. The van der Waals surface area contributed by atoms with Crippen molar-refractivity contribution in [3.05, 3.63) is 18.2 Å². The van der Waals surface area contributed by atoms with Gasteiger partial charge in [0, 0.05) is 52.2 Å². The van der Waals surface area contributed by atoms with Crippen LogP contribution in [-0.2, 0) is 17.8 Å². The summed E-state index contributed by atoms with van der Waals surface area (Å²) in [6, 6.07) is 0. The monoisotopic (exact) mass is 350 g/mol. The first-order valence-corrected chi connectivity index (χ1v) is 8.92. The Morgan fingerprint density at radius 3 is 2.60 bits per heavy atom. The maximum absolute atomic E-state index is 11.8. The highest BCUT2D eigenvalue weighted by Crippen LogP contribution is 2.06. The first kappa shape index (κ1) is 19.1. The number of imidazole rings is 1. The maximum atomic E-state index is 11.8. The van der Waals surface area contributed by atoms with Gasteiger partial charge in [0.25, 0.3) is 0 Å². The van der Waals surface area contributed by atoms with Crippen LogP contribution in [0.4, 0.5) is 4.79 Å². The second kappa shape index (κ2) is 9.29. The number of nitrogens with one attached hydrogen (secondary N) is 1. The van der Waals surface area contributed by atoms with Gasteiger partial charge >= 0.3 is 6.09 Å². The molecule has 0 radical (unpaired) electrons. The zero-order valence-corrected chi connectivity index (χ0v) is 15.7. The quantitative estimate of drug-likeness (QED) is 0.642. The summed E-state index contributed by atoms with van der Waals surface area (Å²) in [6.45, 7) is 11.0. The molecule has 140 valence electrons. The normalized spacial score (nSPS) is 15.6. The van der Waals surface area contributed by atoms with Crippen molar-refractivity contribution in [1.82, 2.24) is 24.7 Å². The molecule has 0 bridgehead atoms. The third-order valence-electron chi connectivity index (χ3n) is 4.09. The molecule has 2 heterocycles. The van der Waals surface area contributed by atoms with E-state index in [2.05, 4.69) is 38.6 Å². The molecule has 1 amide bonds. The molecule has 25 heavy (non-hydrogen) atoms. The first-order valence-electron chi connectivity index (χ1n) is 8.92. The Morgan fingerprint density at radius 1 is 1.32 bits per heavy atom. The molecule has 0 unspecified atom stereocenters. The zero-order valence-electron chi connectivity index (χ0n) is 15.7. The third-order valence-corrected chi connectivity index (χ3v) is 4.09. The molecule has 8 heteroatoms. The van der Waals surface area contributed by atoms with Crippen molar-refractivity contribution in [2.75, 3.05) is 39.8 Å². The van der Waals surface area contributed by atoms with Crippen LogP contribution in [0.1, 0.15) is 26.6 Å². The minimum absolute atomic E-state index is 0.235. The highest BCUT2D eigenvalue weighted by molar-refractivity contribution is 5.80. The Kier molecular flexibility index (Phi) is 7.09. The van der Waals surface area contributed by atoms with Gasteiger partial charge in [0.05, 0.1) is 13.2 Å². The highest BCUT2D eigenvalue weighted by atomic mass is 16.6. The molecular formula is C17H30N6O2. The van der Waals surface area contributed by atoms with E-state index in [-0.39, 0.29) is 6.09 Å². The van der Waals surface area contributed by atoms with Crippen molar-refractivity contribution in [2.24, 2.45) is 10.9 Å². The standard InChI is InChI=1S/C17H30N6O2/c1-5-25-17(24)22-10-8-21(9-11-22)16(18-4)20-12-15-19-6-7-23(15)13-14(2)3/h6-7,14H,5,8-13H2,1-4H3,(H,18,20). The number of hydrogen-bond donors (Lipinski definition) is 1. The van der Waals surface area contributed by atoms with Gasteiger partial charge in [-0.25, -0.2) is 9.78 Å². The Morgan fingerprint density at radius 2 is 2.00 bits per heavy atom. The lowest BCUT2D eigenvalue weighted by Gasteiger charge is -2.35. The molecule has 0 spiro atoms. The Balaban J connectivity index is 1.86. The van der Waals surface area contributed by atoms with Crippen molar-refractivity contribution in [3.8, 4) is 0 Å².